The predicted octanol–water partition coefficient (Wildman–Crippen LogP) is 4.93. The first-order chi connectivity index (χ1) is 8.76. The van der Waals surface area contributed by atoms with Crippen LogP contribution >= 0.6 is 0 Å². The van der Waals surface area contributed by atoms with Crippen molar-refractivity contribution in [3.8, 4) is 0 Å². The van der Waals surface area contributed by atoms with Gasteiger partial charge in [-0.3, -0.25) is 0 Å². The Bertz CT molecular complexity index is 215. The lowest BCUT2D eigenvalue weighted by molar-refractivity contribution is 0.239. The van der Waals surface area contributed by atoms with Gasteiger partial charge in [0.15, 0.2) is 0 Å². The molecule has 0 aromatic heterocycles. The van der Waals surface area contributed by atoms with Gasteiger partial charge < -0.3 is 4.90 Å². The Morgan fingerprint density at radius 1 is 1.00 bits per heavy atom. The van der Waals surface area contributed by atoms with Gasteiger partial charge in [0, 0.05) is 0 Å². The van der Waals surface area contributed by atoms with Gasteiger partial charge in [-0.05, 0) is 44.6 Å². The molecule has 0 bridgehead atoms. The van der Waals surface area contributed by atoms with E-state index in [9.17, 15) is 0 Å². The minimum absolute atomic E-state index is 1.04. The summed E-state index contributed by atoms with van der Waals surface area (Å²) in [6.07, 6.45) is 9.28. The number of rotatable bonds is 9. The van der Waals surface area contributed by atoms with Crippen molar-refractivity contribution in [1.29, 1.82) is 0 Å². The highest BCUT2D eigenvalue weighted by atomic mass is 28.3. The van der Waals surface area contributed by atoms with E-state index in [1.54, 1.807) is 0 Å². The fourth-order valence-corrected chi connectivity index (χ4v) is 8.51. The number of hydrogen-bond acceptors (Lipinski definition) is 1. The molecule has 18 heavy (non-hydrogen) atoms. The second-order valence-electron chi connectivity index (χ2n) is 6.15. The van der Waals surface area contributed by atoms with E-state index in [0.29, 0.717) is 0 Å². The van der Waals surface area contributed by atoms with E-state index in [1.807, 2.05) is 0 Å². The molecule has 0 unspecified atom stereocenters. The monoisotopic (exact) mass is 267 g/mol. The lowest BCUT2D eigenvalue weighted by atomic mass is 10.1. The Morgan fingerprint density at radius 3 is 2.11 bits per heavy atom. The number of nitrogens with zero attached hydrogens (tertiary/aromatic N) is 1. The van der Waals surface area contributed by atoms with Crippen LogP contribution in [-0.2, 0) is 0 Å². The molecule has 0 amide bonds. The molecule has 0 aromatic carbocycles. The summed E-state index contributed by atoms with van der Waals surface area (Å²) in [6.45, 7) is 12.8. The number of allylic oxidation sites excluding steroid dienone is 1. The van der Waals surface area contributed by atoms with Crippen molar-refractivity contribution in [2.24, 2.45) is 0 Å². The number of piperidine rings is 1. The third kappa shape index (κ3) is 5.27. The Balaban J connectivity index is 2.48. The summed E-state index contributed by atoms with van der Waals surface area (Å²) in [5.74, 6) is 0. The second-order valence-corrected chi connectivity index (χ2v) is 11.1. The summed E-state index contributed by atoms with van der Waals surface area (Å²) in [5, 5.41) is 0. The smallest absolute Gasteiger partial charge is 0.0585 e. The van der Waals surface area contributed by atoms with E-state index in [4.69, 9.17) is 0 Å². The van der Waals surface area contributed by atoms with Crippen LogP contribution in [0.3, 0.4) is 0 Å². The lowest BCUT2D eigenvalue weighted by Gasteiger charge is -2.34. The molecule has 0 saturated carbocycles. The zero-order valence-corrected chi connectivity index (χ0v) is 13.7. The molecule has 1 fully saturated rings. The van der Waals surface area contributed by atoms with Crippen LogP contribution in [0.15, 0.2) is 12.7 Å². The maximum absolute atomic E-state index is 4.03. The van der Waals surface area contributed by atoms with Gasteiger partial charge in [-0.15, -0.1) is 6.58 Å². The minimum Gasteiger partial charge on any atom is -0.304 e. The second kappa shape index (κ2) is 8.92. The molecule has 1 heterocycles. The molecule has 0 atom stereocenters. The maximum Gasteiger partial charge on any atom is 0.0585 e. The van der Waals surface area contributed by atoms with Crippen molar-refractivity contribution in [2.45, 2.75) is 70.1 Å². The fourth-order valence-electron chi connectivity index (χ4n) is 3.63. The Labute approximate surface area is 116 Å². The summed E-state index contributed by atoms with van der Waals surface area (Å²) in [6, 6.07) is 5.89. The minimum atomic E-state index is -1.04. The molecule has 1 aliphatic rings. The molecule has 106 valence electrons. The van der Waals surface area contributed by atoms with E-state index >= 15 is 0 Å². The van der Waals surface area contributed by atoms with Crippen LogP contribution in [0.2, 0.25) is 24.2 Å². The summed E-state index contributed by atoms with van der Waals surface area (Å²) < 4.78 is 0. The summed E-state index contributed by atoms with van der Waals surface area (Å²) in [4.78, 5) is 2.72. The van der Waals surface area contributed by atoms with Crippen LogP contribution in [0.5, 0.6) is 0 Å². The third-order valence-electron chi connectivity index (χ3n) is 4.55. The molecular formula is C16H33NSi. The first kappa shape index (κ1) is 16.0. The number of hydrogen-bond donors (Lipinski definition) is 0. The van der Waals surface area contributed by atoms with Crippen LogP contribution in [0.4, 0.5) is 0 Å². The highest BCUT2D eigenvalue weighted by Gasteiger charge is 2.29. The van der Waals surface area contributed by atoms with E-state index < -0.39 is 8.07 Å². The molecule has 1 saturated heterocycles. The standard InChI is InChI=1S/C16H33NSi/c1-4-13-18(14-5-2,15-6-3)16-12-17-10-8-7-9-11-17/h4H,1,5-16H2,2-3H3. The quantitative estimate of drug-likeness (QED) is 0.423. The van der Waals surface area contributed by atoms with Crippen molar-refractivity contribution in [3.05, 3.63) is 12.7 Å². The number of likely N-dealkylation sites (tertiary alicyclic amines) is 1. The molecule has 0 N–H and O–H groups in total. The van der Waals surface area contributed by atoms with Crippen molar-refractivity contribution in [3.63, 3.8) is 0 Å². The molecule has 1 aliphatic heterocycles. The topological polar surface area (TPSA) is 3.24 Å². The highest BCUT2D eigenvalue weighted by Crippen LogP contribution is 2.30. The maximum atomic E-state index is 4.03. The van der Waals surface area contributed by atoms with Gasteiger partial charge in [-0.25, -0.2) is 0 Å². The van der Waals surface area contributed by atoms with Crippen molar-refractivity contribution in [1.82, 2.24) is 4.90 Å². The van der Waals surface area contributed by atoms with Crippen molar-refractivity contribution < 1.29 is 0 Å². The molecule has 2 heteroatoms. The fraction of sp³-hybridized carbons (Fsp3) is 0.875. The molecular weight excluding hydrogens is 234 g/mol. The van der Waals surface area contributed by atoms with Crippen LogP contribution in [0.25, 0.3) is 0 Å². The average molecular weight is 268 g/mol. The van der Waals surface area contributed by atoms with E-state index in [1.165, 1.54) is 75.9 Å². The molecule has 1 nitrogen and oxygen atoms in total. The first-order valence-corrected chi connectivity index (χ1v) is 10.9. The Hall–Kier alpha value is -0.0831. The average Bonchev–Trinajstić information content (AvgIpc) is 2.39. The Kier molecular flexibility index (Phi) is 7.92. The highest BCUT2D eigenvalue weighted by molar-refractivity contribution is 6.80. The lowest BCUT2D eigenvalue weighted by Crippen LogP contribution is -2.39. The first-order valence-electron chi connectivity index (χ1n) is 8.09. The molecule has 0 radical (unpaired) electrons. The third-order valence-corrected chi connectivity index (χ3v) is 10.1. The zero-order chi connectivity index (χ0) is 13.3. The van der Waals surface area contributed by atoms with E-state index in [2.05, 4.69) is 31.4 Å². The van der Waals surface area contributed by atoms with Gasteiger partial charge >= 0.3 is 0 Å². The molecule has 0 aliphatic carbocycles. The van der Waals surface area contributed by atoms with E-state index in [-0.39, 0.29) is 0 Å². The van der Waals surface area contributed by atoms with Gasteiger partial charge in [0.25, 0.3) is 0 Å². The van der Waals surface area contributed by atoms with Gasteiger partial charge in [-0.2, -0.15) is 0 Å². The van der Waals surface area contributed by atoms with Gasteiger partial charge in [-0.1, -0.05) is 51.3 Å². The van der Waals surface area contributed by atoms with Crippen molar-refractivity contribution in [2.75, 3.05) is 19.6 Å². The van der Waals surface area contributed by atoms with Crippen LogP contribution in [0, 0.1) is 0 Å². The Morgan fingerprint density at radius 2 is 1.61 bits per heavy atom. The molecule has 0 spiro atoms. The van der Waals surface area contributed by atoms with E-state index in [0.717, 1.165) is 0 Å². The van der Waals surface area contributed by atoms with Crippen LogP contribution in [-0.4, -0.2) is 32.6 Å². The normalized spacial score (nSPS) is 17.9. The van der Waals surface area contributed by atoms with Gasteiger partial charge in [0.1, 0.15) is 0 Å². The van der Waals surface area contributed by atoms with Crippen molar-refractivity contribution >= 4 is 8.07 Å². The SMILES string of the molecule is C=CC[Si](CCC)(CCC)CCN1CCCCC1. The zero-order valence-electron chi connectivity index (χ0n) is 12.7. The summed E-state index contributed by atoms with van der Waals surface area (Å²) in [5.41, 5.74) is 0. The van der Waals surface area contributed by atoms with Crippen LogP contribution < -0.4 is 0 Å². The largest absolute Gasteiger partial charge is 0.304 e. The predicted molar refractivity (Wildman–Crippen MR) is 86.1 cm³/mol. The molecule has 0 aromatic rings. The van der Waals surface area contributed by atoms with Gasteiger partial charge in [0.05, 0.1) is 8.07 Å². The van der Waals surface area contributed by atoms with Crippen LogP contribution in [0.1, 0.15) is 46.0 Å². The van der Waals surface area contributed by atoms with Gasteiger partial charge in [0.2, 0.25) is 0 Å². The molecule has 1 rings (SSSR count). The summed E-state index contributed by atoms with van der Waals surface area (Å²) >= 11 is 0. The summed E-state index contributed by atoms with van der Waals surface area (Å²) in [7, 11) is -1.04.